The summed E-state index contributed by atoms with van der Waals surface area (Å²) >= 11 is 0. The molecule has 0 fully saturated rings. The van der Waals surface area contributed by atoms with E-state index in [0.29, 0.717) is 5.56 Å². The van der Waals surface area contributed by atoms with Crippen molar-refractivity contribution in [2.24, 2.45) is 0 Å². The van der Waals surface area contributed by atoms with Crippen molar-refractivity contribution in [1.29, 1.82) is 0 Å². The molecule has 4 N–H and O–H groups in total. The molecule has 128 valence electrons. The van der Waals surface area contributed by atoms with Crippen molar-refractivity contribution in [2.45, 2.75) is 6.61 Å². The normalized spacial score (nSPS) is 10.9. The largest absolute Gasteiger partial charge is 0.454 e. The van der Waals surface area contributed by atoms with Crippen LogP contribution in [0, 0.1) is 0 Å². The highest BCUT2D eigenvalue weighted by atomic mass is 16.5. The molecule has 4 rings (SSSR count). The van der Waals surface area contributed by atoms with E-state index in [-0.39, 0.29) is 24.3 Å². The van der Waals surface area contributed by atoms with Crippen LogP contribution in [0.15, 0.2) is 54.6 Å². The molecule has 1 aromatic heterocycles. The SMILES string of the molecule is Nc1nc(N)nc(COC(=O)c2c3ccccc3cc3ccccc23)n1. The van der Waals surface area contributed by atoms with E-state index in [1.54, 1.807) is 0 Å². The summed E-state index contributed by atoms with van der Waals surface area (Å²) in [6.07, 6.45) is 0. The number of hydrogen-bond donors (Lipinski definition) is 2. The lowest BCUT2D eigenvalue weighted by Crippen LogP contribution is -2.11. The van der Waals surface area contributed by atoms with Crippen LogP contribution in [0.25, 0.3) is 21.5 Å². The number of aromatic nitrogens is 3. The standard InChI is InChI=1S/C19H15N5O2/c20-18-22-15(23-19(21)24-18)10-26-17(25)16-13-7-3-1-5-11(13)9-12-6-2-4-8-14(12)16/h1-9H,10H2,(H4,20,21,22,23,24). The molecule has 0 saturated carbocycles. The Balaban J connectivity index is 1.75. The number of nitrogen functional groups attached to an aromatic ring is 2. The van der Waals surface area contributed by atoms with Gasteiger partial charge >= 0.3 is 5.97 Å². The first-order chi connectivity index (χ1) is 12.6. The molecule has 0 aliphatic rings. The van der Waals surface area contributed by atoms with Crippen molar-refractivity contribution < 1.29 is 9.53 Å². The summed E-state index contributed by atoms with van der Waals surface area (Å²) in [7, 11) is 0. The number of anilines is 2. The van der Waals surface area contributed by atoms with Gasteiger partial charge in [-0.3, -0.25) is 0 Å². The van der Waals surface area contributed by atoms with E-state index >= 15 is 0 Å². The van der Waals surface area contributed by atoms with Gasteiger partial charge in [0.1, 0.15) is 0 Å². The maximum Gasteiger partial charge on any atom is 0.339 e. The lowest BCUT2D eigenvalue weighted by Gasteiger charge is -2.11. The summed E-state index contributed by atoms with van der Waals surface area (Å²) in [5, 5.41) is 3.58. The summed E-state index contributed by atoms with van der Waals surface area (Å²) in [4.78, 5) is 24.4. The monoisotopic (exact) mass is 345 g/mol. The number of carbonyl (C=O) groups excluding carboxylic acids is 1. The van der Waals surface area contributed by atoms with Crippen LogP contribution < -0.4 is 11.5 Å². The molecule has 0 spiro atoms. The third kappa shape index (κ3) is 2.86. The highest BCUT2D eigenvalue weighted by molar-refractivity contribution is 6.16. The third-order valence-electron chi connectivity index (χ3n) is 4.02. The van der Waals surface area contributed by atoms with Gasteiger partial charge in [-0.25, -0.2) is 4.79 Å². The van der Waals surface area contributed by atoms with Gasteiger partial charge in [0.15, 0.2) is 12.4 Å². The molecule has 1 heterocycles. The summed E-state index contributed by atoms with van der Waals surface area (Å²) in [6.45, 7) is -0.146. The third-order valence-corrected chi connectivity index (χ3v) is 4.02. The number of rotatable bonds is 3. The summed E-state index contributed by atoms with van der Waals surface area (Å²) in [5.74, 6) is -0.290. The summed E-state index contributed by atoms with van der Waals surface area (Å²) in [6, 6.07) is 17.4. The maximum atomic E-state index is 12.9. The fourth-order valence-electron chi connectivity index (χ4n) is 2.96. The Bertz CT molecular complexity index is 1070. The lowest BCUT2D eigenvalue weighted by molar-refractivity contribution is 0.0467. The number of hydrogen-bond acceptors (Lipinski definition) is 7. The zero-order valence-corrected chi connectivity index (χ0v) is 13.7. The zero-order chi connectivity index (χ0) is 18.1. The fourth-order valence-corrected chi connectivity index (χ4v) is 2.96. The van der Waals surface area contributed by atoms with Crippen LogP contribution in [0.1, 0.15) is 16.2 Å². The predicted molar refractivity (Wildman–Crippen MR) is 99.2 cm³/mol. The molecule has 26 heavy (non-hydrogen) atoms. The second-order valence-corrected chi connectivity index (χ2v) is 5.74. The van der Waals surface area contributed by atoms with Crippen molar-refractivity contribution in [3.8, 4) is 0 Å². The Morgan fingerprint density at radius 3 is 1.96 bits per heavy atom. The Kier molecular flexibility index (Phi) is 3.81. The Morgan fingerprint density at radius 2 is 1.38 bits per heavy atom. The summed E-state index contributed by atoms with van der Waals surface area (Å²) in [5.41, 5.74) is 11.6. The van der Waals surface area contributed by atoms with Gasteiger partial charge in [0.05, 0.1) is 5.56 Å². The van der Waals surface area contributed by atoms with Crippen LogP contribution in [0.4, 0.5) is 11.9 Å². The number of ether oxygens (including phenoxy) is 1. The number of esters is 1. The molecule has 0 atom stereocenters. The molecule has 0 aliphatic carbocycles. The number of nitrogens with zero attached hydrogens (tertiary/aromatic N) is 3. The average Bonchev–Trinajstić information content (AvgIpc) is 2.63. The number of carbonyl (C=O) groups is 1. The van der Waals surface area contributed by atoms with Crippen molar-refractivity contribution in [3.63, 3.8) is 0 Å². The molecule has 0 radical (unpaired) electrons. The second kappa shape index (κ2) is 6.29. The molecule has 0 bridgehead atoms. The van der Waals surface area contributed by atoms with Gasteiger partial charge in [0.25, 0.3) is 0 Å². The molecule has 0 aliphatic heterocycles. The first-order valence-corrected chi connectivity index (χ1v) is 7.95. The van der Waals surface area contributed by atoms with Gasteiger partial charge in [0, 0.05) is 0 Å². The van der Waals surface area contributed by atoms with Crippen LogP contribution in [-0.4, -0.2) is 20.9 Å². The fraction of sp³-hybridized carbons (Fsp3) is 0.0526. The zero-order valence-electron chi connectivity index (χ0n) is 13.7. The van der Waals surface area contributed by atoms with E-state index in [0.717, 1.165) is 21.5 Å². The van der Waals surface area contributed by atoms with Gasteiger partial charge in [-0.15, -0.1) is 0 Å². The van der Waals surface area contributed by atoms with E-state index in [9.17, 15) is 4.79 Å². The van der Waals surface area contributed by atoms with E-state index < -0.39 is 5.97 Å². The van der Waals surface area contributed by atoms with Crippen LogP contribution in [-0.2, 0) is 11.3 Å². The topological polar surface area (TPSA) is 117 Å². The second-order valence-electron chi connectivity index (χ2n) is 5.74. The van der Waals surface area contributed by atoms with Crippen molar-refractivity contribution in [3.05, 3.63) is 66.0 Å². The smallest absolute Gasteiger partial charge is 0.339 e. The van der Waals surface area contributed by atoms with Crippen molar-refractivity contribution in [2.75, 3.05) is 11.5 Å². The molecule has 0 saturated heterocycles. The van der Waals surface area contributed by atoms with Crippen LogP contribution in [0.2, 0.25) is 0 Å². The van der Waals surface area contributed by atoms with Gasteiger partial charge in [-0.05, 0) is 27.6 Å². The minimum Gasteiger partial charge on any atom is -0.454 e. The number of nitrogens with two attached hydrogens (primary N) is 2. The Morgan fingerprint density at radius 1 is 0.846 bits per heavy atom. The van der Waals surface area contributed by atoms with Crippen LogP contribution >= 0.6 is 0 Å². The van der Waals surface area contributed by atoms with Gasteiger partial charge < -0.3 is 16.2 Å². The van der Waals surface area contributed by atoms with E-state index in [4.69, 9.17) is 16.2 Å². The average molecular weight is 345 g/mol. The van der Waals surface area contributed by atoms with Crippen molar-refractivity contribution in [1.82, 2.24) is 15.0 Å². The summed E-state index contributed by atoms with van der Waals surface area (Å²) < 4.78 is 5.44. The van der Waals surface area contributed by atoms with E-state index in [1.165, 1.54) is 0 Å². The quantitative estimate of drug-likeness (QED) is 0.433. The maximum absolute atomic E-state index is 12.9. The Labute approximate surface area is 148 Å². The number of benzene rings is 3. The molecule has 0 amide bonds. The number of fused-ring (bicyclic) bond motifs is 2. The Hall–Kier alpha value is -3.74. The first kappa shape index (κ1) is 15.8. The highest BCUT2D eigenvalue weighted by Crippen LogP contribution is 2.29. The molecule has 7 nitrogen and oxygen atoms in total. The molecular formula is C19H15N5O2. The molecule has 4 aromatic rings. The molecule has 3 aromatic carbocycles. The van der Waals surface area contributed by atoms with Gasteiger partial charge in [-0.2, -0.15) is 15.0 Å². The minimum atomic E-state index is -0.462. The van der Waals surface area contributed by atoms with Crippen LogP contribution in [0.5, 0.6) is 0 Å². The lowest BCUT2D eigenvalue weighted by atomic mass is 9.97. The first-order valence-electron chi connectivity index (χ1n) is 7.95. The predicted octanol–water partition coefficient (Wildman–Crippen LogP) is 2.70. The molecular weight excluding hydrogens is 330 g/mol. The molecule has 0 unspecified atom stereocenters. The minimum absolute atomic E-state index is 0.0147. The van der Waals surface area contributed by atoms with E-state index in [2.05, 4.69) is 21.0 Å². The molecule has 7 heteroatoms. The van der Waals surface area contributed by atoms with Gasteiger partial charge in [-0.1, -0.05) is 48.5 Å². The highest BCUT2D eigenvalue weighted by Gasteiger charge is 2.17. The van der Waals surface area contributed by atoms with Crippen LogP contribution in [0.3, 0.4) is 0 Å². The van der Waals surface area contributed by atoms with E-state index in [1.807, 2.05) is 48.5 Å². The van der Waals surface area contributed by atoms with Crippen molar-refractivity contribution >= 4 is 39.4 Å². The van der Waals surface area contributed by atoms with Gasteiger partial charge in [0.2, 0.25) is 11.9 Å².